The number of amides is 18. The summed E-state index contributed by atoms with van der Waals surface area (Å²) < 4.78 is 0. The van der Waals surface area contributed by atoms with E-state index in [-0.39, 0.29) is 80.1 Å². The average Bonchev–Trinajstić information content (AvgIpc) is 1.80. The highest BCUT2D eigenvalue weighted by Crippen LogP contribution is 2.17. The number of hydrogen-bond donors (Lipinski definition) is 24. The van der Waals surface area contributed by atoms with Crippen LogP contribution >= 0.6 is 0 Å². The standard InChI is InChI=1S/C80H127N23O22/c1-16-41(10)64(79(124)101-56(26-40(8)9)78(123)103-65(46(15)104)80(125)95-53(66(83)111)23-37(2)3)102-62(108)34-86-67(112)42(11)91-69(114)44(13)93-74(119)58(29-49-32-85-36-89-49)100-77(122)59(30-60(82)106)96-70(115)45(14)92-68(113)43(12)90-61(107)33-87-72(117)57(28-48-31-84-35-88-48)99-76(121)55(25-39(6)7)98-75(120)54(24-38(4)5)97-73(118)52(21-22-63(109)110)94-71(116)51(81)27-47-17-19-50(105)20-18-47/h17-20,31-32,35-46,51-59,64-65,104-105H,16,21-30,33-34,81H2,1-15H3,(H2,82,106)(H2,83,111)(H,84,88)(H,85,89)(H,86,112)(H,87,117)(H,90,107)(H,91,114)(H,92,113)(H,93,119)(H,94,116)(H,95,125)(H,96,115)(H,97,118)(H,98,120)(H,99,121)(H,100,122)(H,101,124)(H,102,108)(H,103,123)(H,109,110)/t41-,42-,43-,44-,45-,46+,51-,52-,53-,54-,55-,56-,57-,58-,59-,64-,65-/m0/s1. The highest BCUT2D eigenvalue weighted by Gasteiger charge is 2.39. The van der Waals surface area contributed by atoms with E-state index in [1.54, 1.807) is 69.2 Å². The van der Waals surface area contributed by atoms with Crippen LogP contribution in [-0.2, 0) is 110 Å². The van der Waals surface area contributed by atoms with E-state index in [0.717, 1.165) is 0 Å². The second-order valence-electron chi connectivity index (χ2n) is 32.6. The second-order valence-corrected chi connectivity index (χ2v) is 32.6. The molecule has 694 valence electrons. The Morgan fingerprint density at radius 3 is 1.19 bits per heavy atom. The van der Waals surface area contributed by atoms with E-state index in [0.29, 0.717) is 17.7 Å². The van der Waals surface area contributed by atoms with Crippen LogP contribution in [0.1, 0.15) is 172 Å². The number of aromatic amines is 2. The Morgan fingerprint density at radius 2 is 0.752 bits per heavy atom. The Hall–Kier alpha value is -12.7. The minimum Gasteiger partial charge on any atom is -0.508 e. The zero-order valence-electron chi connectivity index (χ0n) is 73.2. The van der Waals surface area contributed by atoms with Crippen molar-refractivity contribution in [2.45, 2.75) is 271 Å². The number of H-pyrrole nitrogens is 2. The third-order valence-electron chi connectivity index (χ3n) is 19.4. The third-order valence-corrected chi connectivity index (χ3v) is 19.4. The largest absolute Gasteiger partial charge is 0.508 e. The van der Waals surface area contributed by atoms with Gasteiger partial charge in [0.1, 0.15) is 90.3 Å². The molecule has 0 spiro atoms. The molecular weight excluding hydrogens is 1640 g/mol. The van der Waals surface area contributed by atoms with Gasteiger partial charge in [0.15, 0.2) is 0 Å². The minimum absolute atomic E-state index is 0.00816. The molecule has 2 heterocycles. The summed E-state index contributed by atoms with van der Waals surface area (Å²) in [6.45, 7) is 22.0. The molecule has 27 N–H and O–H groups in total. The topological polar surface area (TPSA) is 713 Å². The van der Waals surface area contributed by atoms with E-state index in [9.17, 15) is 106 Å². The fraction of sp³-hybridized carbons (Fsp3) is 0.613. The van der Waals surface area contributed by atoms with Crippen molar-refractivity contribution in [2.24, 2.45) is 46.8 Å². The number of aromatic nitrogens is 4. The molecule has 0 fully saturated rings. The van der Waals surface area contributed by atoms with Gasteiger partial charge in [0.2, 0.25) is 106 Å². The number of nitrogens with zero attached hydrogens (tertiary/aromatic N) is 2. The number of nitrogens with two attached hydrogens (primary N) is 3. The van der Waals surface area contributed by atoms with Crippen LogP contribution in [0.3, 0.4) is 0 Å². The van der Waals surface area contributed by atoms with E-state index in [4.69, 9.17) is 17.2 Å². The highest BCUT2D eigenvalue weighted by atomic mass is 16.4. The molecule has 0 saturated carbocycles. The quantitative estimate of drug-likeness (QED) is 0.0250. The van der Waals surface area contributed by atoms with E-state index < -0.39 is 247 Å². The van der Waals surface area contributed by atoms with Crippen LogP contribution < -0.4 is 102 Å². The summed E-state index contributed by atoms with van der Waals surface area (Å²) in [5.74, 6) is -19.5. The molecule has 1 aromatic carbocycles. The molecule has 3 aromatic rings. The van der Waals surface area contributed by atoms with Crippen molar-refractivity contribution in [2.75, 3.05) is 13.1 Å². The number of carbonyl (C=O) groups is 19. The van der Waals surface area contributed by atoms with Crippen LogP contribution in [0.2, 0.25) is 0 Å². The zero-order valence-corrected chi connectivity index (χ0v) is 73.2. The van der Waals surface area contributed by atoms with Gasteiger partial charge in [0, 0.05) is 43.0 Å². The predicted molar refractivity (Wildman–Crippen MR) is 449 cm³/mol. The van der Waals surface area contributed by atoms with Crippen LogP contribution in [-0.4, -0.2) is 257 Å². The number of carboxylic acid groups (broad SMARTS) is 1. The second kappa shape index (κ2) is 52.7. The lowest BCUT2D eigenvalue weighted by Gasteiger charge is -2.29. The molecule has 0 aliphatic heterocycles. The number of aliphatic carboxylic acids is 1. The van der Waals surface area contributed by atoms with Crippen molar-refractivity contribution in [1.29, 1.82) is 0 Å². The molecule has 125 heavy (non-hydrogen) atoms. The van der Waals surface area contributed by atoms with Gasteiger partial charge in [-0.25, -0.2) is 9.97 Å². The van der Waals surface area contributed by atoms with Gasteiger partial charge in [-0.3, -0.25) is 91.1 Å². The zero-order chi connectivity index (χ0) is 94.4. The van der Waals surface area contributed by atoms with E-state index in [2.05, 4.69) is 105 Å². The SMILES string of the molecule is CC[C@H](C)[C@H](NC(=O)CNC(=O)[C@H](C)NC(=O)[C@H](C)NC(=O)[C@H](Cc1cnc[nH]1)NC(=O)[C@H](CC(N)=O)NC(=O)[C@H](C)NC(=O)[C@H](C)NC(=O)CNC(=O)[C@H](Cc1cnc[nH]1)NC(=O)[C@H](CC(C)C)NC(=O)[C@H](CC(C)C)NC(=O)[C@H](CCC(=O)O)NC(=O)[C@@H](N)Cc1ccc(O)cc1)C(=O)N[C@@H](CC(C)C)C(=O)N[C@H](C(=O)N[C@@H](CC(C)C)C(N)=O)[C@@H](C)O. The molecule has 17 atom stereocenters. The number of nitrogens with one attached hydrogen (secondary N) is 18. The molecule has 18 amide bonds. The number of benzene rings is 1. The number of aliphatic hydroxyl groups is 1. The summed E-state index contributed by atoms with van der Waals surface area (Å²) in [5, 5.41) is 69.2. The number of phenols is 1. The molecule has 3 rings (SSSR count). The number of carboxylic acids is 1. The monoisotopic (exact) mass is 1760 g/mol. The lowest BCUT2D eigenvalue weighted by atomic mass is 9.96. The molecular formula is C80H127N23O22. The first-order chi connectivity index (χ1) is 58.5. The normalized spacial score (nSPS) is 15.3. The molecule has 0 bridgehead atoms. The predicted octanol–water partition coefficient (Wildman–Crippen LogP) is -5.87. The third kappa shape index (κ3) is 39.1. The summed E-state index contributed by atoms with van der Waals surface area (Å²) in [7, 11) is 0. The van der Waals surface area contributed by atoms with Crippen molar-refractivity contribution in [3.63, 3.8) is 0 Å². The maximum Gasteiger partial charge on any atom is 0.303 e. The van der Waals surface area contributed by atoms with Crippen molar-refractivity contribution in [3.8, 4) is 5.75 Å². The van der Waals surface area contributed by atoms with Gasteiger partial charge >= 0.3 is 5.97 Å². The summed E-state index contributed by atoms with van der Waals surface area (Å²) in [4.78, 5) is 270. The number of phenolic OH excluding ortho intramolecular Hbond substituents is 1. The molecule has 2 aromatic heterocycles. The lowest BCUT2D eigenvalue weighted by molar-refractivity contribution is -0.138. The van der Waals surface area contributed by atoms with Gasteiger partial charge < -0.3 is 128 Å². The number of aliphatic hydroxyl groups excluding tert-OH is 1. The first kappa shape index (κ1) is 106. The fourth-order valence-corrected chi connectivity index (χ4v) is 12.3. The first-order valence-electron chi connectivity index (χ1n) is 41.2. The van der Waals surface area contributed by atoms with E-state index in [1.165, 1.54) is 83.9 Å². The van der Waals surface area contributed by atoms with Crippen LogP contribution in [0.5, 0.6) is 5.75 Å². The van der Waals surface area contributed by atoms with Crippen LogP contribution in [0.15, 0.2) is 49.3 Å². The molecule has 0 aliphatic carbocycles. The maximum absolute atomic E-state index is 14.3. The Bertz CT molecular complexity index is 4160. The highest BCUT2D eigenvalue weighted by molar-refractivity contribution is 6.01. The van der Waals surface area contributed by atoms with Crippen LogP contribution in [0.4, 0.5) is 0 Å². The first-order valence-corrected chi connectivity index (χ1v) is 41.2. The molecule has 0 radical (unpaired) electrons. The van der Waals surface area contributed by atoms with Gasteiger partial charge in [-0.1, -0.05) is 87.8 Å². The van der Waals surface area contributed by atoms with Crippen LogP contribution in [0.25, 0.3) is 0 Å². The average molecular weight is 1760 g/mol. The molecule has 0 saturated heterocycles. The van der Waals surface area contributed by atoms with Gasteiger partial charge in [0.25, 0.3) is 0 Å². The summed E-state index contributed by atoms with van der Waals surface area (Å²) >= 11 is 0. The van der Waals surface area contributed by atoms with Crippen molar-refractivity contribution >= 4 is 112 Å². The number of carbonyl (C=O) groups excluding carboxylic acids is 18. The number of rotatable bonds is 55. The Balaban J connectivity index is 1.67. The summed E-state index contributed by atoms with van der Waals surface area (Å²) in [6.07, 6.45) is 1.83. The molecule has 0 unspecified atom stereocenters. The van der Waals surface area contributed by atoms with Crippen molar-refractivity contribution < 1.29 is 106 Å². The van der Waals surface area contributed by atoms with Gasteiger partial charge in [0.05, 0.1) is 44.3 Å². The number of imidazole rings is 2. The minimum atomic E-state index is -1.82. The van der Waals surface area contributed by atoms with Gasteiger partial charge in [-0.2, -0.15) is 0 Å². The number of aromatic hydroxyl groups is 1. The van der Waals surface area contributed by atoms with E-state index >= 15 is 0 Å². The summed E-state index contributed by atoms with van der Waals surface area (Å²) in [5.41, 5.74) is 18.3. The lowest BCUT2D eigenvalue weighted by Crippen LogP contribution is -2.61. The van der Waals surface area contributed by atoms with Gasteiger partial charge in [-0.05, 0) is 120 Å². The number of hydrogen-bond acceptors (Lipinski definition) is 24. The Morgan fingerprint density at radius 1 is 0.392 bits per heavy atom. The molecule has 45 heteroatoms. The van der Waals surface area contributed by atoms with Crippen molar-refractivity contribution in [1.82, 2.24) is 105 Å². The van der Waals surface area contributed by atoms with E-state index in [1.807, 2.05) is 0 Å². The number of primary amides is 2. The Labute approximate surface area is 723 Å². The Kier molecular flexibility index (Phi) is 44.9. The summed E-state index contributed by atoms with van der Waals surface area (Å²) in [6, 6.07) is -15.5. The fourth-order valence-electron chi connectivity index (χ4n) is 12.3. The van der Waals surface area contributed by atoms with Crippen molar-refractivity contribution in [3.05, 3.63) is 66.3 Å². The molecule has 45 nitrogen and oxygen atoms in total. The maximum atomic E-state index is 14.3. The molecule has 0 aliphatic rings. The van der Waals surface area contributed by atoms with Gasteiger partial charge in [-0.15, -0.1) is 0 Å². The smallest absolute Gasteiger partial charge is 0.303 e. The van der Waals surface area contributed by atoms with Crippen LogP contribution in [0, 0.1) is 29.6 Å².